The summed E-state index contributed by atoms with van der Waals surface area (Å²) in [5, 5.41) is 7.84. The van der Waals surface area contributed by atoms with Crippen LogP contribution in [0.5, 0.6) is 0 Å². The van der Waals surface area contributed by atoms with Gasteiger partial charge in [0.15, 0.2) is 5.82 Å². The molecule has 1 unspecified atom stereocenters. The Kier molecular flexibility index (Phi) is 4.16. The average molecular weight is 273 g/mol. The zero-order valence-corrected chi connectivity index (χ0v) is 12.1. The van der Waals surface area contributed by atoms with Crippen LogP contribution >= 0.6 is 0 Å². The maximum Gasteiger partial charge on any atom is 0.154 e. The van der Waals surface area contributed by atoms with Gasteiger partial charge < -0.3 is 10.2 Å². The van der Waals surface area contributed by atoms with E-state index in [0.717, 1.165) is 43.4 Å². The highest BCUT2D eigenvalue weighted by molar-refractivity contribution is 5.68. The zero-order chi connectivity index (χ0) is 13.8. The first-order valence-electron chi connectivity index (χ1n) is 7.62. The second-order valence-electron chi connectivity index (χ2n) is 5.57. The molecule has 0 amide bonds. The molecule has 0 saturated carbocycles. The SMILES string of the molecule is CCCNCC1CCCN(c2nccn3nccc23)C1. The van der Waals surface area contributed by atoms with Crippen molar-refractivity contribution in [3.05, 3.63) is 24.7 Å². The summed E-state index contributed by atoms with van der Waals surface area (Å²) < 4.78 is 1.90. The van der Waals surface area contributed by atoms with Crippen LogP contribution in [0.25, 0.3) is 5.52 Å². The Morgan fingerprint density at radius 3 is 3.25 bits per heavy atom. The van der Waals surface area contributed by atoms with Gasteiger partial charge in [0, 0.05) is 25.5 Å². The number of rotatable bonds is 5. The summed E-state index contributed by atoms with van der Waals surface area (Å²) in [4.78, 5) is 6.99. The Hall–Kier alpha value is -1.62. The van der Waals surface area contributed by atoms with E-state index >= 15 is 0 Å². The van der Waals surface area contributed by atoms with Crippen LogP contribution in [0.2, 0.25) is 0 Å². The quantitative estimate of drug-likeness (QED) is 0.846. The van der Waals surface area contributed by atoms with Crippen LogP contribution in [0.15, 0.2) is 24.7 Å². The molecule has 20 heavy (non-hydrogen) atoms. The van der Waals surface area contributed by atoms with Crippen molar-refractivity contribution in [2.24, 2.45) is 5.92 Å². The summed E-state index contributed by atoms with van der Waals surface area (Å²) in [7, 11) is 0. The second kappa shape index (κ2) is 6.22. The van der Waals surface area contributed by atoms with Crippen molar-refractivity contribution in [3.8, 4) is 0 Å². The molecule has 2 aromatic heterocycles. The first-order chi connectivity index (χ1) is 9.88. The van der Waals surface area contributed by atoms with Crippen LogP contribution in [0.4, 0.5) is 5.82 Å². The van der Waals surface area contributed by atoms with Crippen molar-refractivity contribution in [2.45, 2.75) is 26.2 Å². The number of hydrogen-bond acceptors (Lipinski definition) is 4. The van der Waals surface area contributed by atoms with E-state index in [2.05, 4.69) is 27.2 Å². The number of nitrogens with one attached hydrogen (secondary N) is 1. The molecule has 1 fully saturated rings. The number of nitrogens with zero attached hydrogens (tertiary/aromatic N) is 4. The number of aromatic nitrogens is 3. The molecule has 1 saturated heterocycles. The molecule has 0 radical (unpaired) electrons. The molecular formula is C15H23N5. The molecule has 1 N–H and O–H groups in total. The molecule has 2 aromatic rings. The van der Waals surface area contributed by atoms with Gasteiger partial charge in [-0.25, -0.2) is 9.50 Å². The lowest BCUT2D eigenvalue weighted by atomic mass is 9.98. The van der Waals surface area contributed by atoms with Gasteiger partial charge in [-0.05, 0) is 44.3 Å². The molecule has 1 aliphatic heterocycles. The van der Waals surface area contributed by atoms with Gasteiger partial charge >= 0.3 is 0 Å². The van der Waals surface area contributed by atoms with Crippen LogP contribution in [0, 0.1) is 5.92 Å². The normalized spacial score (nSPS) is 19.6. The smallest absolute Gasteiger partial charge is 0.154 e. The Bertz CT molecular complexity index is 550. The van der Waals surface area contributed by atoms with Crippen LogP contribution in [0.3, 0.4) is 0 Å². The molecular weight excluding hydrogens is 250 g/mol. The van der Waals surface area contributed by atoms with Crippen LogP contribution < -0.4 is 10.2 Å². The molecule has 0 aliphatic carbocycles. The maximum absolute atomic E-state index is 4.58. The molecule has 1 atom stereocenters. The molecule has 0 aromatic carbocycles. The summed E-state index contributed by atoms with van der Waals surface area (Å²) in [5.41, 5.74) is 1.11. The van der Waals surface area contributed by atoms with Gasteiger partial charge in [0.25, 0.3) is 0 Å². The van der Waals surface area contributed by atoms with Crippen LogP contribution in [-0.2, 0) is 0 Å². The third kappa shape index (κ3) is 2.77. The first-order valence-corrected chi connectivity index (χ1v) is 7.62. The second-order valence-corrected chi connectivity index (χ2v) is 5.57. The van der Waals surface area contributed by atoms with Gasteiger partial charge in [0.2, 0.25) is 0 Å². The van der Waals surface area contributed by atoms with E-state index in [4.69, 9.17) is 0 Å². The van der Waals surface area contributed by atoms with E-state index in [-0.39, 0.29) is 0 Å². The minimum absolute atomic E-state index is 0.722. The number of hydrogen-bond donors (Lipinski definition) is 1. The third-order valence-electron chi connectivity index (χ3n) is 3.98. The van der Waals surface area contributed by atoms with Crippen molar-refractivity contribution >= 4 is 11.3 Å². The molecule has 5 heteroatoms. The standard InChI is InChI=1S/C15H23N5/c1-2-6-16-11-13-4-3-9-19(12-13)15-14-5-7-18-20(14)10-8-17-15/h5,7-8,10,13,16H,2-4,6,9,11-12H2,1H3. The number of piperidine rings is 1. The Labute approximate surface area is 120 Å². The monoisotopic (exact) mass is 273 g/mol. The predicted octanol–water partition coefficient (Wildman–Crippen LogP) is 1.95. The molecule has 1 aliphatic rings. The molecule has 3 rings (SSSR count). The van der Waals surface area contributed by atoms with Gasteiger partial charge in [0.1, 0.15) is 5.52 Å². The van der Waals surface area contributed by atoms with Gasteiger partial charge in [-0.1, -0.05) is 6.92 Å². The van der Waals surface area contributed by atoms with Gasteiger partial charge in [-0.2, -0.15) is 5.10 Å². The van der Waals surface area contributed by atoms with Gasteiger partial charge in [0.05, 0.1) is 6.20 Å². The van der Waals surface area contributed by atoms with Gasteiger partial charge in [-0.15, -0.1) is 0 Å². The van der Waals surface area contributed by atoms with Crippen molar-refractivity contribution in [1.82, 2.24) is 19.9 Å². The van der Waals surface area contributed by atoms with E-state index in [1.807, 2.05) is 29.2 Å². The van der Waals surface area contributed by atoms with E-state index in [1.54, 1.807) is 0 Å². The molecule has 5 nitrogen and oxygen atoms in total. The predicted molar refractivity (Wildman–Crippen MR) is 81.1 cm³/mol. The number of anilines is 1. The maximum atomic E-state index is 4.58. The fourth-order valence-electron chi connectivity index (χ4n) is 2.99. The van der Waals surface area contributed by atoms with E-state index in [9.17, 15) is 0 Å². The molecule has 108 valence electrons. The van der Waals surface area contributed by atoms with Crippen LogP contribution in [-0.4, -0.2) is 40.8 Å². The highest BCUT2D eigenvalue weighted by Gasteiger charge is 2.22. The highest BCUT2D eigenvalue weighted by atomic mass is 15.3. The third-order valence-corrected chi connectivity index (χ3v) is 3.98. The minimum atomic E-state index is 0.722. The molecule has 0 spiro atoms. The lowest BCUT2D eigenvalue weighted by molar-refractivity contribution is 0.391. The molecule has 0 bridgehead atoms. The minimum Gasteiger partial charge on any atom is -0.355 e. The number of fused-ring (bicyclic) bond motifs is 1. The fourth-order valence-corrected chi connectivity index (χ4v) is 2.99. The summed E-state index contributed by atoms with van der Waals surface area (Å²) in [6.07, 6.45) is 9.35. The average Bonchev–Trinajstić information content (AvgIpc) is 2.96. The Morgan fingerprint density at radius 2 is 2.35 bits per heavy atom. The van der Waals surface area contributed by atoms with E-state index < -0.39 is 0 Å². The first kappa shape index (κ1) is 13.4. The van der Waals surface area contributed by atoms with Crippen molar-refractivity contribution in [3.63, 3.8) is 0 Å². The fraction of sp³-hybridized carbons (Fsp3) is 0.600. The van der Waals surface area contributed by atoms with E-state index in [0.29, 0.717) is 0 Å². The zero-order valence-electron chi connectivity index (χ0n) is 12.1. The van der Waals surface area contributed by atoms with E-state index in [1.165, 1.54) is 19.3 Å². The van der Waals surface area contributed by atoms with Crippen molar-refractivity contribution in [2.75, 3.05) is 31.1 Å². The van der Waals surface area contributed by atoms with Gasteiger partial charge in [-0.3, -0.25) is 0 Å². The summed E-state index contributed by atoms with van der Waals surface area (Å²) in [6, 6.07) is 2.04. The lowest BCUT2D eigenvalue weighted by Gasteiger charge is -2.34. The van der Waals surface area contributed by atoms with Crippen molar-refractivity contribution < 1.29 is 0 Å². The van der Waals surface area contributed by atoms with Crippen molar-refractivity contribution in [1.29, 1.82) is 0 Å². The summed E-state index contributed by atoms with van der Waals surface area (Å²) in [5.74, 6) is 1.80. The topological polar surface area (TPSA) is 45.5 Å². The largest absolute Gasteiger partial charge is 0.355 e. The Morgan fingerprint density at radius 1 is 1.40 bits per heavy atom. The summed E-state index contributed by atoms with van der Waals surface area (Å²) in [6.45, 7) is 6.64. The Balaban J connectivity index is 1.71. The van der Waals surface area contributed by atoms with Crippen LogP contribution in [0.1, 0.15) is 26.2 Å². The highest BCUT2D eigenvalue weighted by Crippen LogP contribution is 2.24. The summed E-state index contributed by atoms with van der Waals surface area (Å²) >= 11 is 0. The molecule has 3 heterocycles. The lowest BCUT2D eigenvalue weighted by Crippen LogP contribution is -2.40.